The molecular weight excluding hydrogens is 244 g/mol. The average molecular weight is 253 g/mol. The van der Waals surface area contributed by atoms with Crippen LogP contribution in [-0.4, -0.2) is 17.5 Å². The molecule has 0 saturated heterocycles. The van der Waals surface area contributed by atoms with E-state index in [0.29, 0.717) is 5.56 Å². The molecule has 0 aliphatic carbocycles. The van der Waals surface area contributed by atoms with Crippen LogP contribution in [0.25, 0.3) is 0 Å². The SMILES string of the molecule is O=C([O-])c1ccc(C(=O)C(=O)c2ccccc2)cc1. The Labute approximate surface area is 109 Å². The van der Waals surface area contributed by atoms with Crippen LogP contribution in [0.2, 0.25) is 0 Å². The fraction of sp³-hybridized carbons (Fsp3) is 0. The zero-order chi connectivity index (χ0) is 13.8. The lowest BCUT2D eigenvalue weighted by atomic mass is 10.0. The number of carboxylic acids is 1. The molecule has 0 fully saturated rings. The maximum atomic E-state index is 11.9. The number of hydrogen-bond donors (Lipinski definition) is 0. The molecule has 4 heteroatoms. The zero-order valence-electron chi connectivity index (χ0n) is 9.83. The Morgan fingerprint density at radius 1 is 0.632 bits per heavy atom. The molecule has 0 saturated carbocycles. The van der Waals surface area contributed by atoms with Crippen molar-refractivity contribution < 1.29 is 19.5 Å². The third-order valence-corrected chi connectivity index (χ3v) is 2.62. The fourth-order valence-corrected chi connectivity index (χ4v) is 1.61. The van der Waals surface area contributed by atoms with Gasteiger partial charge in [0.25, 0.3) is 0 Å². The van der Waals surface area contributed by atoms with Crippen molar-refractivity contribution in [2.45, 2.75) is 0 Å². The molecule has 0 N–H and O–H groups in total. The molecule has 0 aliphatic rings. The molecular formula is C15H9O4-. The Kier molecular flexibility index (Phi) is 3.52. The van der Waals surface area contributed by atoms with Gasteiger partial charge >= 0.3 is 0 Å². The first-order valence-electron chi connectivity index (χ1n) is 5.55. The molecule has 2 rings (SSSR count). The second-order valence-corrected chi connectivity index (χ2v) is 3.89. The molecule has 0 radical (unpaired) electrons. The van der Waals surface area contributed by atoms with Crippen molar-refractivity contribution >= 4 is 17.5 Å². The number of rotatable bonds is 4. The number of aromatic carboxylic acids is 1. The van der Waals surface area contributed by atoms with E-state index in [9.17, 15) is 19.5 Å². The maximum absolute atomic E-state index is 11.9. The van der Waals surface area contributed by atoms with Crippen LogP contribution in [0.4, 0.5) is 0 Å². The van der Waals surface area contributed by atoms with Crippen LogP contribution >= 0.6 is 0 Å². The Morgan fingerprint density at radius 2 is 1.05 bits per heavy atom. The minimum absolute atomic E-state index is 0.0382. The molecule has 0 amide bonds. The summed E-state index contributed by atoms with van der Waals surface area (Å²) < 4.78 is 0. The van der Waals surface area contributed by atoms with E-state index in [1.807, 2.05) is 0 Å². The Bertz CT molecular complexity index is 627. The maximum Gasteiger partial charge on any atom is 0.233 e. The van der Waals surface area contributed by atoms with Crippen LogP contribution in [0, 0.1) is 0 Å². The highest BCUT2D eigenvalue weighted by molar-refractivity contribution is 6.49. The van der Waals surface area contributed by atoms with Gasteiger partial charge < -0.3 is 9.90 Å². The number of ketones is 2. The van der Waals surface area contributed by atoms with E-state index < -0.39 is 17.5 Å². The second-order valence-electron chi connectivity index (χ2n) is 3.89. The number of carbonyl (C=O) groups excluding carboxylic acids is 3. The third kappa shape index (κ3) is 2.74. The van der Waals surface area contributed by atoms with Crippen molar-refractivity contribution in [2.75, 3.05) is 0 Å². The summed E-state index contributed by atoms with van der Waals surface area (Å²) in [5, 5.41) is 10.6. The van der Waals surface area contributed by atoms with Crippen molar-refractivity contribution in [3.8, 4) is 0 Å². The molecule has 94 valence electrons. The van der Waals surface area contributed by atoms with E-state index in [-0.39, 0.29) is 11.1 Å². The van der Waals surface area contributed by atoms with Gasteiger partial charge in [0.05, 0.1) is 5.97 Å². The van der Waals surface area contributed by atoms with Crippen molar-refractivity contribution in [1.29, 1.82) is 0 Å². The molecule has 0 aromatic heterocycles. The van der Waals surface area contributed by atoms with Gasteiger partial charge in [0.1, 0.15) is 0 Å². The summed E-state index contributed by atoms with van der Waals surface area (Å²) >= 11 is 0. The smallest absolute Gasteiger partial charge is 0.233 e. The van der Waals surface area contributed by atoms with Gasteiger partial charge in [-0.25, -0.2) is 0 Å². The summed E-state index contributed by atoms with van der Waals surface area (Å²) in [6, 6.07) is 13.3. The molecule has 4 nitrogen and oxygen atoms in total. The van der Waals surface area contributed by atoms with Gasteiger partial charge in [-0.2, -0.15) is 0 Å². The Hall–Kier alpha value is -2.75. The van der Waals surface area contributed by atoms with E-state index in [0.717, 1.165) is 0 Å². The third-order valence-electron chi connectivity index (χ3n) is 2.62. The summed E-state index contributed by atoms with van der Waals surface area (Å²) in [5.74, 6) is -2.62. The average Bonchev–Trinajstić information content (AvgIpc) is 2.46. The van der Waals surface area contributed by atoms with Crippen LogP contribution in [0.1, 0.15) is 31.1 Å². The topological polar surface area (TPSA) is 74.3 Å². The number of Topliss-reactive ketones (excluding diaryl/α,β-unsaturated/α-hetero) is 2. The minimum Gasteiger partial charge on any atom is -0.545 e. The molecule has 0 atom stereocenters. The molecule has 2 aromatic carbocycles. The number of carboxylic acid groups (broad SMARTS) is 1. The molecule has 0 aliphatic heterocycles. The number of hydrogen-bond acceptors (Lipinski definition) is 4. The zero-order valence-corrected chi connectivity index (χ0v) is 9.83. The molecule has 19 heavy (non-hydrogen) atoms. The lowest BCUT2D eigenvalue weighted by molar-refractivity contribution is -0.255. The highest BCUT2D eigenvalue weighted by Crippen LogP contribution is 2.09. The molecule has 0 spiro atoms. The normalized spacial score (nSPS) is 9.89. The lowest BCUT2D eigenvalue weighted by Crippen LogP contribution is -2.22. The van der Waals surface area contributed by atoms with Gasteiger partial charge in [-0.15, -0.1) is 0 Å². The number of carbonyl (C=O) groups is 3. The van der Waals surface area contributed by atoms with Crippen LogP contribution in [0.5, 0.6) is 0 Å². The standard InChI is InChI=1S/C15H10O4/c16-13(10-4-2-1-3-5-10)14(17)11-6-8-12(9-7-11)15(18)19/h1-9H,(H,18,19)/p-1. The van der Waals surface area contributed by atoms with E-state index in [1.54, 1.807) is 30.3 Å². The molecule has 0 heterocycles. The predicted molar refractivity (Wildman–Crippen MR) is 65.9 cm³/mol. The first-order valence-corrected chi connectivity index (χ1v) is 5.55. The highest BCUT2D eigenvalue weighted by atomic mass is 16.4. The minimum atomic E-state index is -1.33. The summed E-state index contributed by atoms with van der Waals surface area (Å²) in [6.45, 7) is 0. The van der Waals surface area contributed by atoms with Crippen LogP contribution in [0.15, 0.2) is 54.6 Å². The van der Waals surface area contributed by atoms with Crippen molar-refractivity contribution in [3.63, 3.8) is 0 Å². The van der Waals surface area contributed by atoms with Crippen LogP contribution in [-0.2, 0) is 0 Å². The van der Waals surface area contributed by atoms with E-state index >= 15 is 0 Å². The quantitative estimate of drug-likeness (QED) is 0.604. The van der Waals surface area contributed by atoms with E-state index in [2.05, 4.69) is 0 Å². The molecule has 0 unspecified atom stereocenters. The molecule has 2 aromatic rings. The monoisotopic (exact) mass is 253 g/mol. The van der Waals surface area contributed by atoms with Crippen LogP contribution < -0.4 is 5.11 Å². The summed E-state index contributed by atoms with van der Waals surface area (Å²) in [6.07, 6.45) is 0. The summed E-state index contributed by atoms with van der Waals surface area (Å²) in [5.41, 5.74) is 0.416. The van der Waals surface area contributed by atoms with Gasteiger partial charge in [0.15, 0.2) is 0 Å². The van der Waals surface area contributed by atoms with Gasteiger partial charge in [-0.05, 0) is 5.56 Å². The number of benzene rings is 2. The first-order chi connectivity index (χ1) is 9.09. The Balaban J connectivity index is 2.25. The van der Waals surface area contributed by atoms with Gasteiger partial charge in [-0.1, -0.05) is 54.6 Å². The van der Waals surface area contributed by atoms with Gasteiger partial charge in [0, 0.05) is 11.1 Å². The molecule has 0 bridgehead atoms. The summed E-state index contributed by atoms with van der Waals surface area (Å²) in [4.78, 5) is 34.4. The van der Waals surface area contributed by atoms with E-state index in [1.165, 1.54) is 24.3 Å². The highest BCUT2D eigenvalue weighted by Gasteiger charge is 2.17. The van der Waals surface area contributed by atoms with Gasteiger partial charge in [0.2, 0.25) is 11.6 Å². The van der Waals surface area contributed by atoms with Crippen LogP contribution in [0.3, 0.4) is 0 Å². The van der Waals surface area contributed by atoms with Crippen molar-refractivity contribution in [2.24, 2.45) is 0 Å². The Morgan fingerprint density at radius 3 is 1.53 bits per heavy atom. The first kappa shape index (κ1) is 12.7. The largest absolute Gasteiger partial charge is 0.545 e. The van der Waals surface area contributed by atoms with Crippen molar-refractivity contribution in [1.82, 2.24) is 0 Å². The second kappa shape index (κ2) is 5.27. The lowest BCUT2D eigenvalue weighted by Gasteiger charge is -2.04. The fourth-order valence-electron chi connectivity index (χ4n) is 1.61. The van der Waals surface area contributed by atoms with Gasteiger partial charge in [-0.3, -0.25) is 9.59 Å². The van der Waals surface area contributed by atoms with Crippen molar-refractivity contribution in [3.05, 3.63) is 71.3 Å². The van der Waals surface area contributed by atoms with E-state index in [4.69, 9.17) is 0 Å². The predicted octanol–water partition coefficient (Wildman–Crippen LogP) is 1.12. The summed E-state index contributed by atoms with van der Waals surface area (Å²) in [7, 11) is 0.